The summed E-state index contributed by atoms with van der Waals surface area (Å²) in [4.78, 5) is 34.0. The standard InChI is InChI=1S/C26H28F2N4O.C4H4O4/c27-22-8-4-19(5-9-22)25(20-6-10-23(28)11-7-20)21-12-15-30(16-13-21)17-18-32-26(33)31-14-2-1-3-24(31)29-32;5-3(6)1-2-4(7)8/h4-11H,1-3,12-18H2;1-2H,(H,5,6)(H,7,8). The molecule has 0 unspecified atom stereocenters. The zero-order valence-corrected chi connectivity index (χ0v) is 22.5. The van der Waals surface area contributed by atoms with E-state index in [-0.39, 0.29) is 17.3 Å². The Bertz CT molecular complexity index is 1420. The van der Waals surface area contributed by atoms with Crippen LogP contribution >= 0.6 is 0 Å². The van der Waals surface area contributed by atoms with E-state index in [1.54, 1.807) is 28.9 Å². The highest BCUT2D eigenvalue weighted by molar-refractivity contribution is 5.89. The van der Waals surface area contributed by atoms with E-state index in [1.807, 2.05) is 4.57 Å². The lowest BCUT2D eigenvalue weighted by molar-refractivity contribution is -0.134. The van der Waals surface area contributed by atoms with Gasteiger partial charge in [-0.3, -0.25) is 4.57 Å². The molecule has 0 bridgehead atoms. The molecule has 1 saturated heterocycles. The third kappa shape index (κ3) is 8.07. The minimum Gasteiger partial charge on any atom is -0.478 e. The van der Waals surface area contributed by atoms with Crippen molar-refractivity contribution in [2.24, 2.45) is 0 Å². The number of fused-ring (bicyclic) bond motifs is 1. The Balaban J connectivity index is 0.000000426. The van der Waals surface area contributed by atoms with Gasteiger partial charge in [-0.05, 0) is 66.6 Å². The molecule has 0 aliphatic carbocycles. The van der Waals surface area contributed by atoms with Gasteiger partial charge in [-0.15, -0.1) is 0 Å². The molecule has 2 aromatic carbocycles. The van der Waals surface area contributed by atoms with Crippen molar-refractivity contribution < 1.29 is 28.6 Å². The monoisotopic (exact) mass is 566 g/mol. The van der Waals surface area contributed by atoms with Gasteiger partial charge in [0, 0.05) is 44.8 Å². The van der Waals surface area contributed by atoms with Gasteiger partial charge in [-0.1, -0.05) is 29.8 Å². The quantitative estimate of drug-likeness (QED) is 0.416. The molecule has 11 heteroatoms. The van der Waals surface area contributed by atoms with Crippen molar-refractivity contribution in [3.63, 3.8) is 0 Å². The average molecular weight is 567 g/mol. The molecule has 9 nitrogen and oxygen atoms in total. The number of halogens is 2. The van der Waals surface area contributed by atoms with Crippen molar-refractivity contribution in [1.82, 2.24) is 19.2 Å². The topological polar surface area (TPSA) is 118 Å². The number of aromatic nitrogens is 3. The Morgan fingerprint density at radius 1 is 0.780 bits per heavy atom. The molecular formula is C30H32F2N4O5. The first-order chi connectivity index (χ1) is 19.7. The van der Waals surface area contributed by atoms with E-state index in [4.69, 9.17) is 10.2 Å². The Hall–Kier alpha value is -4.38. The number of hydrogen-bond acceptors (Lipinski definition) is 5. The van der Waals surface area contributed by atoms with Crippen LogP contribution in [0.3, 0.4) is 0 Å². The Morgan fingerprint density at radius 2 is 1.32 bits per heavy atom. The van der Waals surface area contributed by atoms with Crippen molar-refractivity contribution in [3.05, 3.63) is 105 Å². The molecule has 0 saturated carbocycles. The highest BCUT2D eigenvalue weighted by Crippen LogP contribution is 2.32. The van der Waals surface area contributed by atoms with Gasteiger partial charge >= 0.3 is 17.6 Å². The van der Waals surface area contributed by atoms with Crippen molar-refractivity contribution in [2.75, 3.05) is 19.6 Å². The molecule has 0 atom stereocenters. The summed E-state index contributed by atoms with van der Waals surface area (Å²) >= 11 is 0. The molecule has 2 N–H and O–H groups in total. The Labute approximate surface area is 235 Å². The Morgan fingerprint density at radius 3 is 1.80 bits per heavy atom. The summed E-state index contributed by atoms with van der Waals surface area (Å²) < 4.78 is 30.5. The van der Waals surface area contributed by atoms with Crippen LogP contribution in [0.5, 0.6) is 0 Å². The number of aryl methyl sites for hydroxylation is 1. The van der Waals surface area contributed by atoms with Crippen LogP contribution in [0.25, 0.3) is 5.57 Å². The van der Waals surface area contributed by atoms with Crippen LogP contribution in [0.15, 0.2) is 71.1 Å². The smallest absolute Gasteiger partial charge is 0.345 e. The molecule has 41 heavy (non-hydrogen) atoms. The zero-order chi connectivity index (χ0) is 29.4. The normalized spacial score (nSPS) is 15.2. The van der Waals surface area contributed by atoms with Gasteiger partial charge in [0.15, 0.2) is 0 Å². The van der Waals surface area contributed by atoms with E-state index in [9.17, 15) is 23.2 Å². The maximum atomic E-state index is 13.5. The number of rotatable bonds is 7. The highest BCUT2D eigenvalue weighted by atomic mass is 19.1. The van der Waals surface area contributed by atoms with Crippen LogP contribution < -0.4 is 5.69 Å². The Kier molecular flexibility index (Phi) is 9.96. The third-order valence-electron chi connectivity index (χ3n) is 7.11. The zero-order valence-electron chi connectivity index (χ0n) is 22.5. The number of carboxylic acids is 2. The molecule has 1 aromatic heterocycles. The lowest BCUT2D eigenvalue weighted by atomic mass is 9.88. The first-order valence-corrected chi connectivity index (χ1v) is 13.5. The highest BCUT2D eigenvalue weighted by Gasteiger charge is 2.21. The molecule has 2 aliphatic rings. The van der Waals surface area contributed by atoms with Crippen molar-refractivity contribution in [2.45, 2.75) is 45.2 Å². The molecule has 2 aliphatic heterocycles. The van der Waals surface area contributed by atoms with Gasteiger partial charge in [0.1, 0.15) is 17.5 Å². The van der Waals surface area contributed by atoms with E-state index >= 15 is 0 Å². The fourth-order valence-corrected chi connectivity index (χ4v) is 5.08. The molecular weight excluding hydrogens is 534 g/mol. The summed E-state index contributed by atoms with van der Waals surface area (Å²) in [6.45, 7) is 3.92. The van der Waals surface area contributed by atoms with Crippen LogP contribution in [0.4, 0.5) is 8.78 Å². The van der Waals surface area contributed by atoms with Crippen LogP contribution in [-0.2, 0) is 29.1 Å². The molecule has 0 spiro atoms. The first kappa shape index (κ1) is 29.6. The SMILES string of the molecule is O=C(O)C=CC(=O)O.O=c1n(CCN2CCC(=C(c3ccc(F)cc3)c3ccc(F)cc3)CC2)nc2n1CCCC2. The predicted octanol–water partition coefficient (Wildman–Crippen LogP) is 3.97. The van der Waals surface area contributed by atoms with Crippen LogP contribution in [0, 0.1) is 11.6 Å². The van der Waals surface area contributed by atoms with Gasteiger partial charge in [-0.25, -0.2) is 27.8 Å². The summed E-state index contributed by atoms with van der Waals surface area (Å²) in [5.41, 5.74) is 4.26. The largest absolute Gasteiger partial charge is 0.478 e. The number of aliphatic carboxylic acids is 2. The number of carboxylic acid groups (broad SMARTS) is 2. The second kappa shape index (κ2) is 13.8. The van der Waals surface area contributed by atoms with Crippen molar-refractivity contribution >= 4 is 17.5 Å². The fraction of sp³-hybridized carbons (Fsp3) is 0.333. The molecule has 3 heterocycles. The summed E-state index contributed by atoms with van der Waals surface area (Å²) in [6, 6.07) is 13.0. The second-order valence-electron chi connectivity index (χ2n) is 9.87. The molecule has 0 amide bonds. The van der Waals surface area contributed by atoms with Crippen LogP contribution in [0.1, 0.15) is 42.6 Å². The van der Waals surface area contributed by atoms with Gasteiger partial charge in [0.05, 0.1) is 6.54 Å². The van der Waals surface area contributed by atoms with E-state index in [2.05, 4.69) is 10.00 Å². The van der Waals surface area contributed by atoms with Gasteiger partial charge in [0.25, 0.3) is 0 Å². The van der Waals surface area contributed by atoms with E-state index in [0.29, 0.717) is 18.7 Å². The second-order valence-corrected chi connectivity index (χ2v) is 9.87. The summed E-state index contributed by atoms with van der Waals surface area (Å²) in [5.74, 6) is -2.14. The minimum atomic E-state index is -1.26. The average Bonchev–Trinajstić information content (AvgIpc) is 3.29. The molecule has 1 fully saturated rings. The number of benzene rings is 2. The number of likely N-dealkylation sites (tertiary alicyclic amines) is 1. The molecule has 0 radical (unpaired) electrons. The van der Waals surface area contributed by atoms with Crippen LogP contribution in [-0.4, -0.2) is 61.0 Å². The maximum Gasteiger partial charge on any atom is 0.345 e. The van der Waals surface area contributed by atoms with Crippen LogP contribution in [0.2, 0.25) is 0 Å². The summed E-state index contributed by atoms with van der Waals surface area (Å²) in [7, 11) is 0. The van der Waals surface area contributed by atoms with Gasteiger partial charge < -0.3 is 15.1 Å². The number of carbonyl (C=O) groups is 2. The van der Waals surface area contributed by atoms with Gasteiger partial charge in [0.2, 0.25) is 0 Å². The van der Waals surface area contributed by atoms with E-state index < -0.39 is 11.9 Å². The summed E-state index contributed by atoms with van der Waals surface area (Å²) in [5, 5.41) is 20.2. The molecule has 3 aromatic rings. The first-order valence-electron chi connectivity index (χ1n) is 13.5. The number of nitrogens with zero attached hydrogens (tertiary/aromatic N) is 4. The third-order valence-corrected chi connectivity index (χ3v) is 7.11. The predicted molar refractivity (Wildman–Crippen MR) is 148 cm³/mol. The van der Waals surface area contributed by atoms with Crippen molar-refractivity contribution in [3.8, 4) is 0 Å². The number of piperidine rings is 1. The maximum absolute atomic E-state index is 13.5. The number of hydrogen-bond donors (Lipinski definition) is 2. The molecule has 216 valence electrons. The van der Waals surface area contributed by atoms with E-state index in [1.165, 1.54) is 29.8 Å². The van der Waals surface area contributed by atoms with Gasteiger partial charge in [-0.2, -0.15) is 5.10 Å². The minimum absolute atomic E-state index is 0.0113. The fourth-order valence-electron chi connectivity index (χ4n) is 5.08. The lowest BCUT2D eigenvalue weighted by Gasteiger charge is -2.30. The summed E-state index contributed by atoms with van der Waals surface area (Å²) in [6.07, 6.45) is 5.89. The van der Waals surface area contributed by atoms with Crippen molar-refractivity contribution in [1.29, 1.82) is 0 Å². The molecule has 5 rings (SSSR count). The lowest BCUT2D eigenvalue weighted by Crippen LogP contribution is -2.36. The van der Waals surface area contributed by atoms with E-state index in [0.717, 1.165) is 80.8 Å².